The van der Waals surface area contributed by atoms with E-state index in [1.807, 2.05) is 116 Å². The van der Waals surface area contributed by atoms with Gasteiger partial charge in [0.15, 0.2) is 5.69 Å². The highest BCUT2D eigenvalue weighted by Gasteiger charge is 2.58. The summed E-state index contributed by atoms with van der Waals surface area (Å²) < 4.78 is 18.8. The lowest BCUT2D eigenvalue weighted by Gasteiger charge is -2.62. The number of amides is 2. The fraction of sp³-hybridized carbons (Fsp3) is 0.371. The lowest BCUT2D eigenvalue weighted by Crippen LogP contribution is -2.69. The monoisotopic (exact) mass is 1910 g/mol. The molecule has 12 fully saturated rings. The molecule has 6 saturated carbocycles. The minimum atomic E-state index is -1.11. The second-order valence-electron chi connectivity index (χ2n) is 37.5. The second-order valence-corrected chi connectivity index (χ2v) is 38.4. The van der Waals surface area contributed by atoms with E-state index in [1.54, 1.807) is 70.6 Å². The lowest BCUT2D eigenvalue weighted by molar-refractivity contribution is 0.0123. The molecule has 12 aliphatic rings. The predicted molar refractivity (Wildman–Crippen MR) is 517 cm³/mol. The molecule has 14 aromatic heterocycles. The zero-order valence-electron chi connectivity index (χ0n) is 74.0. The third kappa shape index (κ3) is 18.8. The number of aromatic nitrogens is 17. The molecule has 2 amide bonds. The van der Waals surface area contributed by atoms with Crippen molar-refractivity contribution >= 4 is 99.4 Å². The van der Waals surface area contributed by atoms with Crippen LogP contribution >= 0.6 is 47.4 Å². The average Bonchev–Trinajstić information content (AvgIpc) is 1.64. The Morgan fingerprint density at radius 2 is 0.831 bits per heavy atom. The van der Waals surface area contributed by atoms with Crippen LogP contribution in [0.5, 0.6) is 0 Å². The van der Waals surface area contributed by atoms with E-state index in [9.17, 15) is 30.2 Å². The fourth-order valence-electron chi connectivity index (χ4n) is 22.8. The number of nitrogens with one attached hydrogen (secondary N) is 3. The van der Waals surface area contributed by atoms with Crippen molar-refractivity contribution in [2.75, 3.05) is 14.7 Å². The van der Waals surface area contributed by atoms with Gasteiger partial charge < -0.3 is 40.9 Å². The normalized spacial score (nSPS) is 23.0. The first-order valence-electron chi connectivity index (χ1n) is 44.0. The molecule has 14 aromatic rings. The highest BCUT2D eigenvalue weighted by Crippen LogP contribution is 2.56. The van der Waals surface area contributed by atoms with Crippen molar-refractivity contribution in [3.63, 3.8) is 0 Å². The van der Waals surface area contributed by atoms with Gasteiger partial charge in [-0.05, 0) is 224 Å². The van der Waals surface area contributed by atoms with Crippen LogP contribution in [0.2, 0.25) is 10.0 Å². The number of piperidine rings is 6. The van der Waals surface area contributed by atoms with Crippen molar-refractivity contribution in [1.29, 1.82) is 21.3 Å². The van der Waals surface area contributed by atoms with Crippen molar-refractivity contribution in [2.24, 2.45) is 59.7 Å². The number of fused-ring (bicyclic) bond motifs is 3. The molecule has 6 aliphatic carbocycles. The Balaban J connectivity index is 0.000000136. The Bertz CT molecular complexity index is 6970. The molecule has 0 spiro atoms. The molecule has 0 aromatic carbocycles. The number of carbonyl (C=O) groups excluding carboxylic acids is 2. The number of hydrogen-bond acceptors (Lipinski definition) is 24. The number of pyridine rings is 8. The number of nitrogens with zero attached hydrogens (tertiary/aromatic N) is 26. The van der Waals surface area contributed by atoms with Crippen molar-refractivity contribution in [2.45, 2.75) is 190 Å². The van der Waals surface area contributed by atoms with Crippen LogP contribution in [0.25, 0.3) is 83.3 Å². The van der Waals surface area contributed by atoms with E-state index in [4.69, 9.17) is 59.3 Å². The van der Waals surface area contributed by atoms with Crippen LogP contribution in [-0.2, 0) is 25.9 Å². The summed E-state index contributed by atoms with van der Waals surface area (Å²) in [7, 11) is 5.68. The fourth-order valence-corrected chi connectivity index (χ4v) is 23.3. The van der Waals surface area contributed by atoms with E-state index in [-0.39, 0.29) is 72.3 Å². The summed E-state index contributed by atoms with van der Waals surface area (Å²) in [5, 5.41) is 76.2. The van der Waals surface area contributed by atoms with Crippen LogP contribution < -0.4 is 31.1 Å². The molecule has 6 N–H and O–H groups in total. The third-order valence-corrected chi connectivity index (χ3v) is 28.0. The van der Waals surface area contributed by atoms with Gasteiger partial charge in [0, 0.05) is 209 Å². The highest BCUT2D eigenvalue weighted by molar-refractivity contribution is 6.33. The Morgan fingerprint density at radius 3 is 1.12 bits per heavy atom. The Kier molecular flexibility index (Phi) is 26.8. The minimum Gasteiger partial charge on any atom is -0.476 e. The van der Waals surface area contributed by atoms with E-state index in [2.05, 4.69) is 166 Å². The SMILES string of the molecule is C.C.Cl.Cn1cc(-c2cc(-c3ccc(N4C5CC6CC4CC(N)(C6)C5)nc3)c3c(C#N)cnn3c2)cn1.Cn1cc(-c2cc(-c3ccc(N4C5CC6CC4CC(NC(=O)OC(C)(C)C)(C6)C5)nc3)c3c(C#N)cnn3c2)cn1.Cn1cc(-c2cc(-c3ccc(N4C5CC6CC4CC(NC(=O)c4ncccc4Cl)(C6)C5)nc3)c3c(C#N)cnn3c2)cn1.N=NN=NCl.O=C(O)c1ncccc1Cl. The highest BCUT2D eigenvalue weighted by atomic mass is 35.5. The van der Waals surface area contributed by atoms with Crippen LogP contribution in [0, 0.1) is 57.3 Å². The van der Waals surface area contributed by atoms with Crippen molar-refractivity contribution < 1.29 is 24.2 Å². The van der Waals surface area contributed by atoms with Crippen LogP contribution in [0.3, 0.4) is 0 Å². The van der Waals surface area contributed by atoms with Crippen LogP contribution in [0.15, 0.2) is 199 Å². The first kappa shape index (κ1) is 95.0. The van der Waals surface area contributed by atoms with Crippen molar-refractivity contribution in [1.82, 2.24) is 93.7 Å². The average molecular weight is 1910 g/mol. The number of carboxylic acid groups (broad SMARTS) is 1. The summed E-state index contributed by atoms with van der Waals surface area (Å²) in [4.78, 5) is 66.3. The number of rotatable bonds is 14. The predicted octanol–water partition coefficient (Wildman–Crippen LogP) is 18.3. The third-order valence-electron chi connectivity index (χ3n) is 27.3. The molecule has 6 unspecified atom stereocenters. The Labute approximate surface area is 805 Å². The number of carbonyl (C=O) groups is 3. The maximum atomic E-state index is 13.2. The molecule has 6 saturated heterocycles. The first-order chi connectivity index (χ1) is 64.1. The Hall–Kier alpha value is -14.2. The summed E-state index contributed by atoms with van der Waals surface area (Å²) in [6.07, 6.45) is 46.2. The summed E-state index contributed by atoms with van der Waals surface area (Å²) in [5.74, 6) is 3.59. The van der Waals surface area contributed by atoms with Gasteiger partial charge in [-0.15, -0.1) is 12.4 Å². The molecular weight excluding hydrogens is 1810 g/mol. The van der Waals surface area contributed by atoms with Gasteiger partial charge in [-0.1, -0.05) is 42.7 Å². The number of aromatic carboxylic acids is 1. The van der Waals surface area contributed by atoms with Gasteiger partial charge in [0.2, 0.25) is 0 Å². The van der Waals surface area contributed by atoms with Crippen LogP contribution in [-0.4, -0.2) is 165 Å². The summed E-state index contributed by atoms with van der Waals surface area (Å²) in [5.41, 5.74) is 27.1. The van der Waals surface area contributed by atoms with Gasteiger partial charge in [0.25, 0.3) is 5.91 Å². The van der Waals surface area contributed by atoms with Crippen LogP contribution in [0.1, 0.15) is 170 Å². The zero-order chi connectivity index (χ0) is 92.5. The number of alkyl carbamates (subject to hydrolysis) is 1. The molecule has 26 rings (SSSR count). The van der Waals surface area contributed by atoms with E-state index in [0.29, 0.717) is 69.8 Å². The number of carboxylic acids is 1. The second kappa shape index (κ2) is 38.3. The van der Waals surface area contributed by atoms with E-state index < -0.39 is 11.6 Å². The lowest BCUT2D eigenvalue weighted by atomic mass is 9.59. The topological polar surface area (TPSA) is 443 Å². The standard InChI is InChI=1S/C32H28ClN9O.C31H34N8O2.C26H26N8.C6H4ClNO2.2CH4.ClHN4.ClH/c1-40-17-23(16-37-40)21-9-26(30-22(13-34)15-38-41(30)18-21)20-4-5-28(36-14-20)42-24-7-19-8-25(42)12-32(10-19,11-24)39-31(43)29-27(33)3-2-6-35-29;1-30(2,3)41-29(40)36-31-10-19-7-24(11-31)39(25(8-19)12-31)27-6-5-20(14-33-27)26-9-21(23-16-34-37(4)17-23)18-38-28(26)22(13-32)15-35-38;1-32-14-20(13-30-32)18-6-23(25-19(10-27)12-31-33(25)15-18)17-2-3-24(29-11-17)34-21-4-16-5-22(34)9-26(28,7-16)8-21;7-4-2-1-3-8-5(4)6(9)10;;;1-3-5-4-2;/h2-6,9,14-19,24-25H,7-8,10-12H2,1H3,(H,39,43);5-6,9,14-19,24-25H,7-8,10-12H2,1-4H3,(H,36,40);2-3,6,11-16,21-22H,4-5,7-9,28H2,1H3;1-3H,(H,9,10);2*1H4;2H;1H. The molecule has 20 heterocycles. The van der Waals surface area contributed by atoms with Gasteiger partial charge in [-0.2, -0.15) is 51.9 Å². The number of nitriles is 3. The number of anilines is 3. The smallest absolute Gasteiger partial charge is 0.408 e. The van der Waals surface area contributed by atoms with Crippen molar-refractivity contribution in [3.05, 3.63) is 222 Å². The maximum Gasteiger partial charge on any atom is 0.408 e. The largest absolute Gasteiger partial charge is 0.476 e. The van der Waals surface area contributed by atoms with Gasteiger partial charge >= 0.3 is 12.1 Å². The molecule has 12 bridgehead atoms. The molecule has 136 heavy (non-hydrogen) atoms. The number of halogens is 4. The molecule has 39 heteroatoms. The zero-order valence-corrected chi connectivity index (χ0v) is 77.0. The molecule has 0 radical (unpaired) electrons. The summed E-state index contributed by atoms with van der Waals surface area (Å²) in [6.45, 7) is 5.70. The Morgan fingerprint density at radius 1 is 0.478 bits per heavy atom. The number of nitrogens with two attached hydrogens (primary N) is 1. The van der Waals surface area contributed by atoms with Gasteiger partial charge in [-0.25, -0.2) is 48.1 Å². The maximum absolute atomic E-state index is 13.2. The molecule has 6 aliphatic heterocycles. The van der Waals surface area contributed by atoms with E-state index >= 15 is 0 Å². The van der Waals surface area contributed by atoms with Gasteiger partial charge in [-0.3, -0.25) is 18.8 Å². The van der Waals surface area contributed by atoms with Gasteiger partial charge in [0.05, 0.1) is 92.2 Å². The van der Waals surface area contributed by atoms with Crippen LogP contribution in [0.4, 0.5) is 22.2 Å². The quantitative estimate of drug-likeness (QED) is 0.0498. The number of aryl methyl sites for hydroxylation is 3. The first-order valence-corrected chi connectivity index (χ1v) is 45.1. The van der Waals surface area contributed by atoms with Crippen molar-refractivity contribution in [3.8, 4) is 85.0 Å². The molecule has 698 valence electrons. The van der Waals surface area contributed by atoms with Gasteiger partial charge in [0.1, 0.15) is 47.0 Å². The number of hydrogen-bond donors (Lipinski definition) is 5. The minimum absolute atomic E-state index is 0. The summed E-state index contributed by atoms with van der Waals surface area (Å²) in [6, 6.07) is 34.5. The van der Waals surface area contributed by atoms with E-state index in [1.165, 1.54) is 31.5 Å². The molecule has 6 atom stereocenters. The molecule has 35 nitrogen and oxygen atoms in total. The van der Waals surface area contributed by atoms with E-state index in [0.717, 1.165) is 184 Å². The molecular formula is C97H102Cl4N30O5. The number of ether oxygens (including phenoxy) is 1. The summed E-state index contributed by atoms with van der Waals surface area (Å²) >= 11 is 16.3.